The Kier molecular flexibility index (Phi) is 36.1. The number of rotatable bonds is 11. The molecule has 0 radical (unpaired) electrons. The summed E-state index contributed by atoms with van der Waals surface area (Å²) < 4.78 is 3.24. The fourth-order valence-corrected chi connectivity index (χ4v) is 16.6. The number of amides is 2. The highest BCUT2D eigenvalue weighted by Gasteiger charge is 2.31. The average molecular weight is 2070 g/mol. The molecular weight excluding hydrogens is 1980 g/mol. The van der Waals surface area contributed by atoms with Crippen molar-refractivity contribution < 1.29 is 43.9 Å². The average Bonchev–Trinajstić information content (AvgIpc) is 1.62. The van der Waals surface area contributed by atoms with Crippen molar-refractivity contribution in [1.29, 1.82) is 0 Å². The van der Waals surface area contributed by atoms with E-state index in [1.807, 2.05) is 163 Å². The molecule has 2 amide bonds. The van der Waals surface area contributed by atoms with Gasteiger partial charge in [0.05, 0.1) is 11.0 Å². The Morgan fingerprint density at radius 3 is 1.42 bits per heavy atom. The molecule has 1 aromatic heterocycles. The lowest BCUT2D eigenvalue weighted by Gasteiger charge is -2.21. The molecule has 17 rings (SSSR count). The monoisotopic (exact) mass is 2060 g/mol. The van der Waals surface area contributed by atoms with Crippen LogP contribution >= 0.6 is 136 Å². The molecule has 0 bridgehead atoms. The molecule has 4 N–H and O–H groups in total. The molecule has 15 aromatic carbocycles. The number of imidazole rings is 1. The van der Waals surface area contributed by atoms with Crippen molar-refractivity contribution in [3.63, 3.8) is 0 Å². The first-order valence-electron chi connectivity index (χ1n) is 40.2. The SMILES string of the molecule is CCN(CC)C(=O)c1ccc(Cl)cc1-c1ccccc1C.CCN(CC)C(=O)c1ccc(Cl)cc1B(O)O.Cc1cccc(C)c1-c1nc2c3ccc(Br)cc3c3cc(Cl)ccc3c2[nH]1.Cc1cccc(C)c1C=O.Cc1ccccc1I.O=C(Cl)c1ccc(Cl)cc1.O=C1C(=O)c2ccc(Br)cc2-c2cc(Cl)ccc21.Oc1cc2ccccc2c2cc(Cl)ccc12. The molecular formula is C103H87BBr2Cl7IN4O9. The van der Waals surface area contributed by atoms with Crippen LogP contribution in [0.25, 0.3) is 87.8 Å². The largest absolute Gasteiger partial charge is 0.507 e. The number of Topliss-reactive ketones (excluding diaryl/α,β-unsaturated/α-hetero) is 2. The van der Waals surface area contributed by atoms with Crippen LogP contribution in [-0.4, -0.2) is 103 Å². The molecule has 0 fully saturated rings. The van der Waals surface area contributed by atoms with E-state index in [1.165, 1.54) is 38.0 Å². The second kappa shape index (κ2) is 46.3. The van der Waals surface area contributed by atoms with Crippen molar-refractivity contribution in [3.8, 4) is 39.4 Å². The van der Waals surface area contributed by atoms with Gasteiger partial charge in [-0.05, 0) is 343 Å². The van der Waals surface area contributed by atoms with E-state index in [9.17, 15) is 43.9 Å². The topological polar surface area (TPSA) is 198 Å². The van der Waals surface area contributed by atoms with E-state index in [4.69, 9.17) is 86.2 Å². The number of fused-ring (bicyclic) bond motifs is 12. The van der Waals surface area contributed by atoms with Gasteiger partial charge in [-0.25, -0.2) is 4.98 Å². The smallest absolute Gasteiger partial charge is 0.489 e. The first kappa shape index (κ1) is 99.1. The number of aromatic nitrogens is 2. The second-order valence-corrected chi connectivity index (χ2v) is 35.3. The van der Waals surface area contributed by atoms with Crippen LogP contribution in [0.2, 0.25) is 30.1 Å². The number of aldehydes is 1. The molecule has 13 nitrogen and oxygen atoms in total. The van der Waals surface area contributed by atoms with Crippen molar-refractivity contribution in [1.82, 2.24) is 19.8 Å². The molecule has 0 saturated heterocycles. The molecule has 646 valence electrons. The van der Waals surface area contributed by atoms with Crippen LogP contribution in [0, 0.1) is 45.1 Å². The van der Waals surface area contributed by atoms with Crippen molar-refractivity contribution in [2.75, 3.05) is 26.2 Å². The minimum absolute atomic E-state index is 0.0509. The summed E-state index contributed by atoms with van der Waals surface area (Å²) in [4.78, 5) is 81.7. The summed E-state index contributed by atoms with van der Waals surface area (Å²) in [5, 5.41) is 40.0. The lowest BCUT2D eigenvalue weighted by molar-refractivity contribution is 0.0766. The van der Waals surface area contributed by atoms with E-state index < -0.39 is 23.9 Å². The summed E-state index contributed by atoms with van der Waals surface area (Å²) >= 11 is 50.2. The third-order valence-electron chi connectivity index (χ3n) is 21.0. The number of carbonyl (C=O) groups excluding carboxylic acids is 6. The van der Waals surface area contributed by atoms with Gasteiger partial charge in [0.15, 0.2) is 6.29 Å². The Hall–Kier alpha value is -10.1. The van der Waals surface area contributed by atoms with Gasteiger partial charge in [-0.3, -0.25) is 28.8 Å². The first-order chi connectivity index (χ1) is 60.7. The van der Waals surface area contributed by atoms with Gasteiger partial charge in [0.2, 0.25) is 11.6 Å². The first-order valence-corrected chi connectivity index (χ1v) is 45.5. The molecule has 16 aromatic rings. The number of phenols is 1. The second-order valence-electron chi connectivity index (χ2n) is 29.3. The number of halogens is 10. The fraction of sp³-hybridized carbons (Fsp3) is 0.136. The standard InChI is InChI=1S/C23H16BrClN2.C18H20ClNO.C14H6BrClO2.C14H9ClO.C11H15BClNO3.C9H10O.C7H4Cl2O.C7H7I/c1-12-4-3-5-13(2)20(12)23-26-21-16-8-6-14(24)10-18(16)19-11-15(25)7-9-17(19)22(21)27-23;1-4-20(5-2)18(21)16-11-10-14(19)12-17(16)15-9-7-6-8-13(15)3;15-7-1-3-9-11(5-7)12-6-8(16)2-4-10(12)14(18)13(9)17;15-10-5-6-12-13(8-10)11-4-2-1-3-9(11)7-14(12)16;1-3-14(4-2)11(15)9-6-5-8(13)7-10(9)12(16)17;1-7-4-3-5-8(2)9(7)6-10;8-6-3-1-5(2-4-6)7(9)10;1-6-4-2-3-5-7(6)8/h3-11H,1-2H3,(H,26,27);6-12H,4-5H2,1-3H3;1-6H;1-8,16H;5-7,16-17H,3-4H2,1-2H3;3-6H,1-2H3;1-4H;2-5H,1H3. The van der Waals surface area contributed by atoms with Gasteiger partial charge in [-0.15, -0.1) is 0 Å². The van der Waals surface area contributed by atoms with Crippen LogP contribution in [0.5, 0.6) is 5.75 Å². The Balaban J connectivity index is 0.000000155. The minimum atomic E-state index is -1.71. The molecule has 1 aliphatic rings. The van der Waals surface area contributed by atoms with Crippen LogP contribution in [0.15, 0.2) is 276 Å². The van der Waals surface area contributed by atoms with E-state index >= 15 is 0 Å². The third-order valence-corrected chi connectivity index (χ3v) is 24.9. The number of nitrogens with one attached hydrogen (secondary N) is 1. The van der Waals surface area contributed by atoms with E-state index in [1.54, 1.807) is 83.8 Å². The molecule has 0 aliphatic heterocycles. The number of hydrogen-bond acceptors (Lipinski definition) is 10. The normalized spacial score (nSPS) is 10.9. The molecule has 24 heteroatoms. The van der Waals surface area contributed by atoms with E-state index in [2.05, 4.69) is 147 Å². The number of aromatic amines is 1. The summed E-state index contributed by atoms with van der Waals surface area (Å²) in [6, 6.07) is 82.7. The highest BCUT2D eigenvalue weighted by molar-refractivity contribution is 14.1. The number of benzene rings is 15. The van der Waals surface area contributed by atoms with Gasteiger partial charge in [-0.1, -0.05) is 217 Å². The van der Waals surface area contributed by atoms with E-state index in [0.717, 1.165) is 119 Å². The minimum Gasteiger partial charge on any atom is -0.507 e. The molecule has 0 saturated carbocycles. The lowest BCUT2D eigenvalue weighted by atomic mass is 9.76. The molecule has 1 heterocycles. The van der Waals surface area contributed by atoms with Crippen molar-refractivity contribution in [2.45, 2.75) is 69.2 Å². The number of aromatic hydroxyl groups is 1. The van der Waals surface area contributed by atoms with Crippen LogP contribution < -0.4 is 5.46 Å². The zero-order valence-corrected chi connectivity index (χ0v) is 81.4. The summed E-state index contributed by atoms with van der Waals surface area (Å²) in [7, 11) is -1.71. The highest BCUT2D eigenvalue weighted by atomic mass is 127. The van der Waals surface area contributed by atoms with E-state index in [-0.39, 0.29) is 22.8 Å². The third kappa shape index (κ3) is 24.9. The van der Waals surface area contributed by atoms with Crippen LogP contribution in [0.3, 0.4) is 0 Å². The number of ketones is 2. The van der Waals surface area contributed by atoms with Crippen LogP contribution in [-0.2, 0) is 0 Å². The maximum absolute atomic E-state index is 12.7. The van der Waals surface area contributed by atoms with E-state index in [0.29, 0.717) is 84.9 Å². The quantitative estimate of drug-likeness (QED) is 0.0241. The Morgan fingerprint density at radius 2 is 0.866 bits per heavy atom. The molecule has 0 unspecified atom stereocenters. The van der Waals surface area contributed by atoms with Crippen molar-refractivity contribution in [3.05, 3.63) is 376 Å². The van der Waals surface area contributed by atoms with Crippen molar-refractivity contribution in [2.24, 2.45) is 0 Å². The van der Waals surface area contributed by atoms with Gasteiger partial charge < -0.3 is 29.9 Å². The zero-order valence-electron chi connectivity index (χ0n) is 70.8. The number of H-pyrrole nitrogens is 1. The zero-order chi connectivity index (χ0) is 92.2. The van der Waals surface area contributed by atoms with Gasteiger partial charge in [0.25, 0.3) is 17.1 Å². The Labute approximate surface area is 804 Å². The van der Waals surface area contributed by atoms with Gasteiger partial charge in [0, 0.05) is 124 Å². The van der Waals surface area contributed by atoms with Gasteiger partial charge >= 0.3 is 7.12 Å². The Morgan fingerprint density at radius 1 is 0.425 bits per heavy atom. The number of aryl methyl sites for hydroxylation is 6. The molecule has 127 heavy (non-hydrogen) atoms. The summed E-state index contributed by atoms with van der Waals surface area (Å²) in [6.07, 6.45) is 0.907. The number of hydrogen-bond donors (Lipinski definition) is 4. The summed E-state index contributed by atoms with van der Waals surface area (Å²) in [5.74, 6) is 0.0890. The predicted octanol–water partition coefficient (Wildman–Crippen LogP) is 28.8. The van der Waals surface area contributed by atoms with Crippen LogP contribution in [0.1, 0.15) is 123 Å². The number of phenolic OH excluding ortho intramolecular Hbond substituents is 1. The maximum Gasteiger partial charge on any atom is 0.489 e. The molecule has 0 spiro atoms. The van der Waals surface area contributed by atoms with Crippen molar-refractivity contribution >= 4 is 237 Å². The number of nitrogens with zero attached hydrogens (tertiary/aromatic N) is 3. The number of carbonyl (C=O) groups is 6. The predicted molar refractivity (Wildman–Crippen MR) is 544 cm³/mol. The van der Waals surface area contributed by atoms with Gasteiger partial charge in [-0.2, -0.15) is 0 Å². The van der Waals surface area contributed by atoms with Crippen LogP contribution in [0.4, 0.5) is 0 Å². The Bertz CT molecular complexity index is 6590. The highest BCUT2D eigenvalue weighted by Crippen LogP contribution is 2.41. The lowest BCUT2D eigenvalue weighted by Crippen LogP contribution is -2.40. The molecule has 1 aliphatic carbocycles. The summed E-state index contributed by atoms with van der Waals surface area (Å²) in [6.45, 7) is 22.5. The molecule has 0 atom stereocenters. The van der Waals surface area contributed by atoms with Gasteiger partial charge in [0.1, 0.15) is 11.6 Å². The maximum atomic E-state index is 12.7. The fourth-order valence-electron chi connectivity index (χ4n) is 14.4. The summed E-state index contributed by atoms with van der Waals surface area (Å²) in [5.41, 5.74) is 16.9.